The van der Waals surface area contributed by atoms with Crippen molar-refractivity contribution in [3.05, 3.63) is 0 Å². The Labute approximate surface area is 139 Å². The molecule has 0 aromatic rings. The van der Waals surface area contributed by atoms with E-state index in [-0.39, 0.29) is 0 Å². The van der Waals surface area contributed by atoms with Gasteiger partial charge in [0.25, 0.3) is 0 Å². The van der Waals surface area contributed by atoms with Crippen molar-refractivity contribution >= 4 is 7.25 Å². The Bertz CT molecular complexity index is 243. The standard InChI is InChI=1S/C16H33NO.BF4/c1-2-3-4-5-6-7-8-9-10-11-12-17-13-15-18-16-14-17;2-1(3,4)5/h2-16H2,1H3;/q;-1/p+1. The Morgan fingerprint density at radius 2 is 1.13 bits per heavy atom. The lowest BCUT2D eigenvalue weighted by Gasteiger charge is -2.23. The molecule has 0 unspecified atom stereocenters. The van der Waals surface area contributed by atoms with Gasteiger partial charge in [-0.2, -0.15) is 0 Å². The molecule has 1 N–H and O–H groups in total. The molecule has 0 bridgehead atoms. The third kappa shape index (κ3) is 21.7. The van der Waals surface area contributed by atoms with Crippen LogP contribution in [0.25, 0.3) is 0 Å². The highest BCUT2D eigenvalue weighted by Gasteiger charge is 2.20. The van der Waals surface area contributed by atoms with Crippen molar-refractivity contribution in [1.82, 2.24) is 0 Å². The summed E-state index contributed by atoms with van der Waals surface area (Å²) >= 11 is 0. The maximum Gasteiger partial charge on any atom is 0.673 e. The lowest BCUT2D eigenvalue weighted by Crippen LogP contribution is -3.14. The van der Waals surface area contributed by atoms with Gasteiger partial charge in [-0.1, -0.05) is 58.3 Å². The molecule has 1 saturated heterocycles. The SMILES string of the molecule is CCCCCCCCCCCC[NH+]1CCOCC1.F[B-](F)(F)F. The highest BCUT2D eigenvalue weighted by molar-refractivity contribution is 6.50. The molecular weight excluding hydrogens is 309 g/mol. The first-order valence-corrected chi connectivity index (χ1v) is 9.22. The van der Waals surface area contributed by atoms with Crippen LogP contribution in [0.4, 0.5) is 17.3 Å². The molecule has 1 rings (SSSR count). The second-order valence-corrected chi connectivity index (χ2v) is 6.29. The largest absolute Gasteiger partial charge is 0.673 e. The van der Waals surface area contributed by atoms with Crippen LogP contribution < -0.4 is 4.90 Å². The van der Waals surface area contributed by atoms with Crippen LogP contribution in [-0.2, 0) is 4.74 Å². The van der Waals surface area contributed by atoms with Gasteiger partial charge in [0.05, 0.1) is 19.8 Å². The molecule has 23 heavy (non-hydrogen) atoms. The lowest BCUT2D eigenvalue weighted by molar-refractivity contribution is -0.908. The van der Waals surface area contributed by atoms with Gasteiger partial charge in [-0.3, -0.25) is 0 Å². The summed E-state index contributed by atoms with van der Waals surface area (Å²) < 4.78 is 44.4. The van der Waals surface area contributed by atoms with E-state index in [2.05, 4.69) is 6.92 Å². The summed E-state index contributed by atoms with van der Waals surface area (Å²) in [5, 5.41) is 0. The second kappa shape index (κ2) is 15.2. The molecule has 0 aromatic heterocycles. The zero-order valence-electron chi connectivity index (χ0n) is 14.6. The van der Waals surface area contributed by atoms with Crippen molar-refractivity contribution in [1.29, 1.82) is 0 Å². The van der Waals surface area contributed by atoms with E-state index in [1.54, 1.807) is 4.90 Å². The van der Waals surface area contributed by atoms with Crippen LogP contribution in [0.1, 0.15) is 71.1 Å². The van der Waals surface area contributed by atoms with Crippen molar-refractivity contribution in [2.45, 2.75) is 71.1 Å². The van der Waals surface area contributed by atoms with Crippen molar-refractivity contribution in [3.8, 4) is 0 Å². The van der Waals surface area contributed by atoms with E-state index >= 15 is 0 Å². The predicted octanol–water partition coefficient (Wildman–Crippen LogP) is 4.12. The third-order valence-corrected chi connectivity index (χ3v) is 4.08. The Balaban J connectivity index is 0.000000841. The Morgan fingerprint density at radius 3 is 1.57 bits per heavy atom. The van der Waals surface area contributed by atoms with Crippen LogP contribution >= 0.6 is 0 Å². The number of halogens is 4. The molecule has 0 spiro atoms. The molecular formula is C16H34BF4NO. The molecule has 1 aliphatic rings. The first-order chi connectivity index (χ1) is 10.9. The molecule has 0 saturated carbocycles. The number of ether oxygens (including phenoxy) is 1. The summed E-state index contributed by atoms with van der Waals surface area (Å²) in [6.45, 7) is 8.09. The number of unbranched alkanes of at least 4 members (excludes halogenated alkanes) is 9. The number of hydrogen-bond acceptors (Lipinski definition) is 1. The number of nitrogens with one attached hydrogen (secondary N) is 1. The molecule has 140 valence electrons. The number of hydrogen-bond donors (Lipinski definition) is 1. The fourth-order valence-corrected chi connectivity index (χ4v) is 2.77. The number of quaternary nitrogens is 1. The van der Waals surface area contributed by atoms with E-state index in [1.807, 2.05) is 0 Å². The van der Waals surface area contributed by atoms with Crippen molar-refractivity contribution in [2.24, 2.45) is 0 Å². The van der Waals surface area contributed by atoms with Crippen LogP contribution in [0.3, 0.4) is 0 Å². The fraction of sp³-hybridized carbons (Fsp3) is 1.00. The monoisotopic (exact) mass is 343 g/mol. The Kier molecular flexibility index (Phi) is 15.0. The van der Waals surface area contributed by atoms with E-state index < -0.39 is 7.25 Å². The smallest absolute Gasteiger partial charge is 0.418 e. The van der Waals surface area contributed by atoms with Crippen molar-refractivity contribution in [3.63, 3.8) is 0 Å². The Hall–Kier alpha value is -0.295. The van der Waals surface area contributed by atoms with Gasteiger partial charge in [0.15, 0.2) is 0 Å². The lowest BCUT2D eigenvalue weighted by atomic mass is 10.1. The quantitative estimate of drug-likeness (QED) is 0.338. The number of rotatable bonds is 11. The average molecular weight is 343 g/mol. The van der Waals surface area contributed by atoms with Gasteiger partial charge < -0.3 is 26.9 Å². The van der Waals surface area contributed by atoms with Gasteiger partial charge in [-0.05, 0) is 12.8 Å². The van der Waals surface area contributed by atoms with Gasteiger partial charge in [0, 0.05) is 0 Å². The molecule has 1 aliphatic heterocycles. The van der Waals surface area contributed by atoms with E-state index in [1.165, 1.54) is 83.8 Å². The second-order valence-electron chi connectivity index (χ2n) is 6.29. The number of morpholine rings is 1. The van der Waals surface area contributed by atoms with E-state index in [0.29, 0.717) is 0 Å². The van der Waals surface area contributed by atoms with Gasteiger partial charge >= 0.3 is 7.25 Å². The minimum atomic E-state index is -6.00. The molecule has 0 atom stereocenters. The summed E-state index contributed by atoms with van der Waals surface area (Å²) in [6.07, 6.45) is 14.4. The first kappa shape index (κ1) is 22.7. The van der Waals surface area contributed by atoms with Gasteiger partial charge in [-0.15, -0.1) is 0 Å². The molecule has 2 nitrogen and oxygen atoms in total. The normalized spacial score (nSPS) is 16.0. The maximum absolute atomic E-state index is 9.75. The van der Waals surface area contributed by atoms with Crippen LogP contribution in [0.15, 0.2) is 0 Å². The van der Waals surface area contributed by atoms with Crippen LogP contribution in [0.5, 0.6) is 0 Å². The summed E-state index contributed by atoms with van der Waals surface area (Å²) in [6, 6.07) is 0. The topological polar surface area (TPSA) is 13.7 Å². The molecule has 0 aliphatic carbocycles. The Morgan fingerprint density at radius 1 is 0.739 bits per heavy atom. The van der Waals surface area contributed by atoms with E-state index in [0.717, 1.165) is 13.2 Å². The minimum absolute atomic E-state index is 0.979. The van der Waals surface area contributed by atoms with Crippen LogP contribution in [0, 0.1) is 0 Å². The molecule has 7 heteroatoms. The fourth-order valence-electron chi connectivity index (χ4n) is 2.77. The predicted molar refractivity (Wildman–Crippen MR) is 88.4 cm³/mol. The molecule has 1 heterocycles. The summed E-state index contributed by atoms with van der Waals surface area (Å²) in [5.41, 5.74) is 0. The van der Waals surface area contributed by atoms with Crippen LogP contribution in [-0.4, -0.2) is 40.1 Å². The van der Waals surface area contributed by atoms with Crippen molar-refractivity contribution in [2.75, 3.05) is 32.8 Å². The summed E-state index contributed by atoms with van der Waals surface area (Å²) in [5.74, 6) is 0. The molecule has 1 fully saturated rings. The van der Waals surface area contributed by atoms with Gasteiger partial charge in [0.2, 0.25) is 0 Å². The van der Waals surface area contributed by atoms with Crippen molar-refractivity contribution < 1.29 is 26.9 Å². The van der Waals surface area contributed by atoms with E-state index in [9.17, 15) is 17.3 Å². The zero-order chi connectivity index (χ0) is 17.4. The third-order valence-electron chi connectivity index (χ3n) is 4.08. The molecule has 0 amide bonds. The molecule has 0 aromatic carbocycles. The minimum Gasteiger partial charge on any atom is -0.418 e. The van der Waals surface area contributed by atoms with Gasteiger partial charge in [0.1, 0.15) is 13.1 Å². The zero-order valence-corrected chi connectivity index (χ0v) is 14.6. The highest BCUT2D eigenvalue weighted by Crippen LogP contribution is 2.10. The summed E-state index contributed by atoms with van der Waals surface area (Å²) in [4.78, 5) is 1.76. The first-order valence-electron chi connectivity index (χ1n) is 9.22. The average Bonchev–Trinajstić information content (AvgIpc) is 2.48. The van der Waals surface area contributed by atoms with Gasteiger partial charge in [-0.25, -0.2) is 0 Å². The highest BCUT2D eigenvalue weighted by atomic mass is 19.5. The van der Waals surface area contributed by atoms with Crippen LogP contribution in [0.2, 0.25) is 0 Å². The summed E-state index contributed by atoms with van der Waals surface area (Å²) in [7, 11) is -6.00. The van der Waals surface area contributed by atoms with E-state index in [4.69, 9.17) is 4.74 Å². The maximum atomic E-state index is 9.75. The molecule has 0 radical (unpaired) electrons.